The average molecular weight is 600 g/mol. The number of hydrogen-bond donors (Lipinski definition) is 2. The van der Waals surface area contributed by atoms with Crippen molar-refractivity contribution in [3.05, 3.63) is 48.3 Å². The van der Waals surface area contributed by atoms with Gasteiger partial charge in [0.25, 0.3) is 10.0 Å². The Morgan fingerprint density at radius 2 is 1.80 bits per heavy atom. The fraction of sp³-hybridized carbons (Fsp3) is 0.481. The molecule has 0 aromatic heterocycles. The van der Waals surface area contributed by atoms with E-state index in [0.717, 1.165) is 54.3 Å². The van der Waals surface area contributed by atoms with E-state index < -0.39 is 39.8 Å². The van der Waals surface area contributed by atoms with Crippen molar-refractivity contribution in [1.29, 1.82) is 0 Å². The second kappa shape index (κ2) is 10.1. The predicted molar refractivity (Wildman–Crippen MR) is 139 cm³/mol. The van der Waals surface area contributed by atoms with E-state index in [9.17, 15) is 35.6 Å². The number of halogens is 4. The van der Waals surface area contributed by atoms with Gasteiger partial charge in [0.1, 0.15) is 17.7 Å². The number of nitrogens with one attached hydrogen (secondary N) is 2. The molecule has 41 heavy (non-hydrogen) atoms. The summed E-state index contributed by atoms with van der Waals surface area (Å²) >= 11 is 0. The maximum atomic E-state index is 13.6. The zero-order chi connectivity index (χ0) is 29.8. The molecule has 2 aromatic rings. The van der Waals surface area contributed by atoms with Gasteiger partial charge in [0.15, 0.2) is 0 Å². The molecule has 2 fully saturated rings. The Bertz CT molecular complexity index is 1460. The molecule has 222 valence electrons. The lowest BCUT2D eigenvalue weighted by molar-refractivity contribution is -0.242. The van der Waals surface area contributed by atoms with Gasteiger partial charge in [0, 0.05) is 11.6 Å². The first-order valence-electron chi connectivity index (χ1n) is 13.0. The zero-order valence-electron chi connectivity index (χ0n) is 22.3. The normalized spacial score (nSPS) is 21.3. The van der Waals surface area contributed by atoms with Crippen LogP contribution in [0, 0.1) is 17.2 Å². The highest BCUT2D eigenvalue weighted by molar-refractivity contribution is 7.92. The molecule has 3 aliphatic rings. The predicted octanol–water partition coefficient (Wildman–Crippen LogP) is 4.98. The molecule has 2 aliphatic carbocycles. The molecule has 0 radical (unpaired) electrons. The van der Waals surface area contributed by atoms with Crippen LogP contribution < -0.4 is 19.7 Å². The number of amides is 2. The monoisotopic (exact) mass is 599 g/mol. The van der Waals surface area contributed by atoms with Crippen LogP contribution in [-0.4, -0.2) is 51.4 Å². The number of carbonyl (C=O) groups is 2. The summed E-state index contributed by atoms with van der Waals surface area (Å²) in [7, 11) is -4.29. The van der Waals surface area contributed by atoms with Crippen LogP contribution in [0.2, 0.25) is 0 Å². The lowest BCUT2D eigenvalue weighted by Crippen LogP contribution is -2.48. The Morgan fingerprint density at radius 3 is 2.39 bits per heavy atom. The Labute approximate surface area is 234 Å². The minimum absolute atomic E-state index is 0.0135. The van der Waals surface area contributed by atoms with Crippen molar-refractivity contribution in [3.63, 3.8) is 0 Å². The van der Waals surface area contributed by atoms with Crippen LogP contribution in [0.25, 0.3) is 0 Å². The molecule has 2 aromatic carbocycles. The Morgan fingerprint density at radius 1 is 1.12 bits per heavy atom. The molecule has 2 N–H and O–H groups in total. The Kier molecular flexibility index (Phi) is 7.11. The molecule has 2 atom stereocenters. The van der Waals surface area contributed by atoms with Crippen molar-refractivity contribution in [2.75, 3.05) is 22.7 Å². The van der Waals surface area contributed by atoms with Gasteiger partial charge in [-0.25, -0.2) is 17.6 Å². The lowest BCUT2D eigenvalue weighted by atomic mass is 9.80. The maximum Gasteiger partial charge on any atom is 0.427 e. The highest BCUT2D eigenvalue weighted by Crippen LogP contribution is 2.65. The number of carbonyl (C=O) groups excluding carboxylic acids is 2. The van der Waals surface area contributed by atoms with Gasteiger partial charge in [-0.1, -0.05) is 6.42 Å². The third kappa shape index (κ3) is 5.66. The molecule has 2 unspecified atom stereocenters. The smallest absolute Gasteiger partial charge is 0.427 e. The number of ether oxygens (including phenoxy) is 2. The number of rotatable bonds is 7. The molecule has 14 heteroatoms. The van der Waals surface area contributed by atoms with Crippen LogP contribution in [-0.2, 0) is 19.6 Å². The van der Waals surface area contributed by atoms with Gasteiger partial charge in [-0.15, -0.1) is 0 Å². The van der Waals surface area contributed by atoms with Crippen LogP contribution >= 0.6 is 0 Å². The minimum atomic E-state index is -4.82. The van der Waals surface area contributed by atoms with E-state index in [1.54, 1.807) is 0 Å². The van der Waals surface area contributed by atoms with Gasteiger partial charge >= 0.3 is 12.3 Å². The molecule has 1 heterocycles. The molecule has 0 saturated heterocycles. The first-order chi connectivity index (χ1) is 19.1. The number of sulfonamides is 1. The molecule has 0 bridgehead atoms. The third-order valence-electron chi connectivity index (χ3n) is 7.93. The number of hydrogen-bond acceptors (Lipinski definition) is 6. The van der Waals surface area contributed by atoms with Gasteiger partial charge < -0.3 is 14.8 Å². The number of nitrogens with zero attached hydrogens (tertiary/aromatic N) is 1. The summed E-state index contributed by atoms with van der Waals surface area (Å²) < 4.78 is 91.7. The van der Waals surface area contributed by atoms with Gasteiger partial charge in [-0.3, -0.25) is 14.4 Å². The minimum Gasteiger partial charge on any atom is -0.484 e. The third-order valence-corrected chi connectivity index (χ3v) is 9.72. The Balaban J connectivity index is 1.37. The van der Waals surface area contributed by atoms with Crippen molar-refractivity contribution in [1.82, 2.24) is 5.32 Å². The summed E-state index contributed by atoms with van der Waals surface area (Å²) in [5.74, 6) is -0.700. The number of benzene rings is 2. The quantitative estimate of drug-likeness (QED) is 0.434. The molecule has 5 rings (SSSR count). The standard InChI is InChI=1S/C27H29F4N3O6S/c1-25(2,27(29,30)31)40-24(36)33-17-6-9-22-21(12-17)34(41(37,38)19-7-4-16(28)5-8-19)15-18(39-22)14-32-23(35)20-13-26(20)10-3-11-26/h4-9,12,18,20H,3,10-11,13-15H2,1-2H3,(H,32,35)(H,33,36). The molecule has 2 amide bonds. The molecule has 1 spiro atoms. The van der Waals surface area contributed by atoms with Crippen molar-refractivity contribution in [2.24, 2.45) is 11.3 Å². The summed E-state index contributed by atoms with van der Waals surface area (Å²) in [6.07, 6.45) is -3.00. The van der Waals surface area contributed by atoms with E-state index in [1.165, 1.54) is 18.2 Å². The fourth-order valence-corrected chi connectivity index (χ4v) is 6.63. The summed E-state index contributed by atoms with van der Waals surface area (Å²) in [4.78, 5) is 24.7. The second-order valence-electron chi connectivity index (χ2n) is 11.2. The van der Waals surface area contributed by atoms with E-state index in [2.05, 4.69) is 15.4 Å². The highest BCUT2D eigenvalue weighted by Gasteiger charge is 2.60. The first-order valence-corrected chi connectivity index (χ1v) is 14.5. The number of alkyl halides is 3. The lowest BCUT2D eigenvalue weighted by Gasteiger charge is -2.36. The topological polar surface area (TPSA) is 114 Å². The first kappa shape index (κ1) is 29.0. The van der Waals surface area contributed by atoms with E-state index in [-0.39, 0.29) is 52.3 Å². The zero-order valence-corrected chi connectivity index (χ0v) is 23.1. The largest absolute Gasteiger partial charge is 0.484 e. The van der Waals surface area contributed by atoms with E-state index in [4.69, 9.17) is 4.74 Å². The fourth-order valence-electron chi connectivity index (χ4n) is 5.13. The van der Waals surface area contributed by atoms with Crippen LogP contribution in [0.15, 0.2) is 47.4 Å². The number of fused-ring (bicyclic) bond motifs is 1. The second-order valence-corrected chi connectivity index (χ2v) is 13.0. The Hall–Kier alpha value is -3.55. The summed E-state index contributed by atoms with van der Waals surface area (Å²) in [6, 6.07) is 8.07. The van der Waals surface area contributed by atoms with E-state index >= 15 is 0 Å². The molecule has 2 saturated carbocycles. The van der Waals surface area contributed by atoms with Gasteiger partial charge in [-0.2, -0.15) is 13.2 Å². The highest BCUT2D eigenvalue weighted by atomic mass is 32.2. The maximum absolute atomic E-state index is 13.6. The molecule has 9 nitrogen and oxygen atoms in total. The van der Waals surface area contributed by atoms with Gasteiger partial charge in [0.05, 0.1) is 23.7 Å². The van der Waals surface area contributed by atoms with Crippen molar-refractivity contribution in [2.45, 2.75) is 62.3 Å². The van der Waals surface area contributed by atoms with Crippen LogP contribution in [0.1, 0.15) is 39.5 Å². The van der Waals surface area contributed by atoms with E-state index in [0.29, 0.717) is 13.8 Å². The molecule has 1 aliphatic heterocycles. The van der Waals surface area contributed by atoms with Crippen LogP contribution in [0.5, 0.6) is 5.75 Å². The van der Waals surface area contributed by atoms with Gasteiger partial charge in [0.2, 0.25) is 11.5 Å². The molecular weight excluding hydrogens is 570 g/mol. The molecular formula is C27H29F4N3O6S. The van der Waals surface area contributed by atoms with Crippen molar-refractivity contribution in [3.8, 4) is 5.75 Å². The van der Waals surface area contributed by atoms with Crippen molar-refractivity contribution < 1.29 is 45.0 Å². The van der Waals surface area contributed by atoms with Gasteiger partial charge in [-0.05, 0) is 81.0 Å². The summed E-state index contributed by atoms with van der Waals surface area (Å²) in [5.41, 5.74) is -2.73. The van der Waals surface area contributed by atoms with Crippen molar-refractivity contribution >= 4 is 33.4 Å². The van der Waals surface area contributed by atoms with Crippen LogP contribution in [0.4, 0.5) is 33.7 Å². The summed E-state index contributed by atoms with van der Waals surface area (Å²) in [6.45, 7) is 1.17. The average Bonchev–Trinajstić information content (AvgIpc) is 3.63. The number of anilines is 2. The summed E-state index contributed by atoms with van der Waals surface area (Å²) in [5, 5.41) is 5.04. The SMILES string of the molecule is CC(C)(OC(=O)Nc1ccc2c(c1)N(S(=O)(=O)c1ccc(F)cc1)CC(CNC(=O)C1CC13CCC3)O2)C(F)(F)F. The van der Waals surface area contributed by atoms with Crippen LogP contribution in [0.3, 0.4) is 0 Å². The van der Waals surface area contributed by atoms with E-state index in [1.807, 2.05) is 0 Å².